The maximum absolute atomic E-state index is 12.2. The number of ether oxygens (including phenoxy) is 2. The molecule has 0 unspecified atom stereocenters. The molecule has 0 spiro atoms. The van der Waals surface area contributed by atoms with Crippen LogP contribution in [0.15, 0.2) is 48.6 Å². The summed E-state index contributed by atoms with van der Waals surface area (Å²) in [6.07, 6.45) is 28.5. The summed E-state index contributed by atoms with van der Waals surface area (Å²) in [5.41, 5.74) is 0. The van der Waals surface area contributed by atoms with E-state index in [4.69, 9.17) is 19.3 Å². The second-order valence-electron chi connectivity index (χ2n) is 10.5. The molecule has 0 bridgehead atoms. The van der Waals surface area contributed by atoms with Gasteiger partial charge < -0.3 is 19.3 Å². The zero-order chi connectivity index (χ0) is 32.0. The van der Waals surface area contributed by atoms with Crippen molar-refractivity contribution in [3.8, 4) is 0 Å². The molecular weight excluding hydrogens is 571 g/mol. The lowest BCUT2D eigenvalue weighted by atomic mass is 10.1. The van der Waals surface area contributed by atoms with Crippen LogP contribution in [0, 0.1) is 0 Å². The van der Waals surface area contributed by atoms with Crippen LogP contribution in [0.4, 0.5) is 0 Å². The summed E-state index contributed by atoms with van der Waals surface area (Å²) in [5.74, 6) is -0.833. The third-order valence-corrected chi connectivity index (χ3v) is 6.81. The Labute approximate surface area is 259 Å². The second-order valence-corrected chi connectivity index (χ2v) is 11.7. The van der Waals surface area contributed by atoms with Gasteiger partial charge in [0.15, 0.2) is 11.9 Å². The maximum atomic E-state index is 12.2. The van der Waals surface area contributed by atoms with E-state index in [9.17, 15) is 18.9 Å². The smallest absolute Gasteiger partial charge is 0.462 e. The molecule has 0 aromatic carbocycles. The molecule has 0 amide bonds. The highest BCUT2D eigenvalue weighted by atomic mass is 31.2. The standard InChI is InChI=1S/C33H55O9P/c1-3-5-7-8-14-19-23-27-33(36)42-31(29-41-43(37,38)39)28-40-32(35)26-22-18-16-13-11-9-10-12-15-17-21-25-30(34)24-20-6-4-2/h9-10,13,15-17,21,25,31H,3-8,11-12,14,18-20,22-24,26-29H2,1-2H3,(H2,37,38,39)/b10-9-,16-13-,17-15-,25-21+/t31-/m1/s1. The fourth-order valence-electron chi connectivity index (χ4n) is 3.91. The van der Waals surface area contributed by atoms with Crippen LogP contribution < -0.4 is 0 Å². The van der Waals surface area contributed by atoms with E-state index < -0.39 is 32.5 Å². The van der Waals surface area contributed by atoms with Gasteiger partial charge in [-0.2, -0.15) is 0 Å². The van der Waals surface area contributed by atoms with Crippen molar-refractivity contribution in [2.45, 2.75) is 129 Å². The van der Waals surface area contributed by atoms with Crippen LogP contribution in [0.25, 0.3) is 0 Å². The van der Waals surface area contributed by atoms with Gasteiger partial charge in [0.05, 0.1) is 6.61 Å². The van der Waals surface area contributed by atoms with Crippen molar-refractivity contribution in [2.75, 3.05) is 13.2 Å². The van der Waals surface area contributed by atoms with Gasteiger partial charge in [0, 0.05) is 19.3 Å². The number of phosphoric acid groups is 1. The highest BCUT2D eigenvalue weighted by molar-refractivity contribution is 7.46. The van der Waals surface area contributed by atoms with Gasteiger partial charge in [0.25, 0.3) is 0 Å². The molecule has 0 radical (unpaired) electrons. The Morgan fingerprint density at radius 2 is 1.26 bits per heavy atom. The SMILES string of the molecule is CCCCCCCCCC(=O)O[C@H](COC(=O)CCC/C=C\C/C=C\C/C=C\C=C\C(=O)CCCCC)COP(=O)(O)O. The molecule has 246 valence electrons. The molecule has 0 aromatic heterocycles. The molecule has 0 aromatic rings. The van der Waals surface area contributed by atoms with Crippen LogP contribution in [-0.2, 0) is 32.9 Å². The molecule has 9 nitrogen and oxygen atoms in total. The average Bonchev–Trinajstić information content (AvgIpc) is 2.96. The summed E-state index contributed by atoms with van der Waals surface area (Å²) >= 11 is 0. The maximum Gasteiger partial charge on any atom is 0.469 e. The van der Waals surface area contributed by atoms with Crippen molar-refractivity contribution in [2.24, 2.45) is 0 Å². The van der Waals surface area contributed by atoms with E-state index in [1.807, 2.05) is 36.5 Å². The summed E-state index contributed by atoms with van der Waals surface area (Å²) < 4.78 is 26.0. The fourth-order valence-corrected chi connectivity index (χ4v) is 4.27. The van der Waals surface area contributed by atoms with Gasteiger partial charge in [0.1, 0.15) is 6.61 Å². The Morgan fingerprint density at radius 3 is 1.95 bits per heavy atom. The number of rotatable bonds is 28. The molecule has 2 N–H and O–H groups in total. The van der Waals surface area contributed by atoms with Gasteiger partial charge in [-0.15, -0.1) is 0 Å². The molecule has 0 saturated carbocycles. The predicted octanol–water partition coefficient (Wildman–Crippen LogP) is 8.02. The quantitative estimate of drug-likeness (QED) is 0.0221. The van der Waals surface area contributed by atoms with Gasteiger partial charge in [-0.25, -0.2) is 4.57 Å². The third-order valence-electron chi connectivity index (χ3n) is 6.33. The number of phosphoric ester groups is 1. The number of hydrogen-bond acceptors (Lipinski definition) is 7. The summed E-state index contributed by atoms with van der Waals surface area (Å²) in [5, 5.41) is 0. The minimum Gasteiger partial charge on any atom is -0.462 e. The molecule has 0 fully saturated rings. The second kappa shape index (κ2) is 28.5. The van der Waals surface area contributed by atoms with E-state index in [0.717, 1.165) is 51.4 Å². The van der Waals surface area contributed by atoms with Crippen LogP contribution in [-0.4, -0.2) is 46.8 Å². The third kappa shape index (κ3) is 30.9. The highest BCUT2D eigenvalue weighted by Gasteiger charge is 2.22. The molecule has 0 saturated heterocycles. The summed E-state index contributed by atoms with van der Waals surface area (Å²) in [6, 6.07) is 0. The number of esters is 2. The Bertz CT molecular complexity index is 902. The van der Waals surface area contributed by atoms with Crippen molar-refractivity contribution < 1.29 is 42.7 Å². The first kappa shape index (κ1) is 40.7. The molecule has 0 rings (SSSR count). The van der Waals surface area contributed by atoms with Crippen LogP contribution in [0.3, 0.4) is 0 Å². The minimum absolute atomic E-state index is 0.164. The predicted molar refractivity (Wildman–Crippen MR) is 170 cm³/mol. The Morgan fingerprint density at radius 1 is 0.674 bits per heavy atom. The van der Waals surface area contributed by atoms with E-state index in [2.05, 4.69) is 18.4 Å². The Kier molecular flexibility index (Phi) is 26.9. The largest absolute Gasteiger partial charge is 0.469 e. The highest BCUT2D eigenvalue weighted by Crippen LogP contribution is 2.35. The van der Waals surface area contributed by atoms with Crippen molar-refractivity contribution >= 4 is 25.5 Å². The molecule has 10 heteroatoms. The van der Waals surface area contributed by atoms with Gasteiger partial charge in [-0.1, -0.05) is 108 Å². The molecule has 0 aliphatic carbocycles. The fraction of sp³-hybridized carbons (Fsp3) is 0.667. The lowest BCUT2D eigenvalue weighted by Crippen LogP contribution is -2.29. The van der Waals surface area contributed by atoms with Crippen molar-refractivity contribution in [3.05, 3.63) is 48.6 Å². The van der Waals surface area contributed by atoms with Crippen LogP contribution in [0.2, 0.25) is 0 Å². The Balaban J connectivity index is 4.17. The van der Waals surface area contributed by atoms with E-state index in [0.29, 0.717) is 25.7 Å². The topological polar surface area (TPSA) is 136 Å². The summed E-state index contributed by atoms with van der Waals surface area (Å²) in [7, 11) is -4.76. The molecule has 0 aliphatic heterocycles. The van der Waals surface area contributed by atoms with Crippen molar-refractivity contribution in [1.29, 1.82) is 0 Å². The first-order chi connectivity index (χ1) is 20.7. The van der Waals surface area contributed by atoms with E-state index in [1.54, 1.807) is 12.2 Å². The molecular formula is C33H55O9P. The van der Waals surface area contributed by atoms with Gasteiger partial charge >= 0.3 is 19.8 Å². The van der Waals surface area contributed by atoms with Crippen LogP contribution in [0.1, 0.15) is 123 Å². The number of allylic oxidation sites excluding steroid dienone is 8. The van der Waals surface area contributed by atoms with Crippen molar-refractivity contribution in [1.82, 2.24) is 0 Å². The first-order valence-corrected chi connectivity index (χ1v) is 17.4. The summed E-state index contributed by atoms with van der Waals surface area (Å²) in [6.45, 7) is 3.37. The minimum atomic E-state index is -4.76. The van der Waals surface area contributed by atoms with Gasteiger partial charge in [-0.3, -0.25) is 18.9 Å². The van der Waals surface area contributed by atoms with Gasteiger partial charge in [-0.05, 0) is 44.6 Å². The monoisotopic (exact) mass is 626 g/mol. The number of carbonyl (C=O) groups is 3. The average molecular weight is 627 g/mol. The molecule has 1 atom stereocenters. The van der Waals surface area contributed by atoms with Gasteiger partial charge in [0.2, 0.25) is 0 Å². The number of hydrogen-bond donors (Lipinski definition) is 2. The molecule has 43 heavy (non-hydrogen) atoms. The lowest BCUT2D eigenvalue weighted by Gasteiger charge is -2.18. The normalized spacial score (nSPS) is 13.0. The van der Waals surface area contributed by atoms with E-state index in [1.165, 1.54) is 19.3 Å². The number of unbranched alkanes of at least 4 members (excludes halogenated alkanes) is 9. The molecule has 0 aliphatic rings. The Hall–Kier alpha value is -2.32. The summed E-state index contributed by atoms with van der Waals surface area (Å²) in [4.78, 5) is 53.9. The van der Waals surface area contributed by atoms with Crippen molar-refractivity contribution in [3.63, 3.8) is 0 Å². The zero-order valence-corrected chi connectivity index (χ0v) is 27.2. The molecule has 0 heterocycles. The number of carbonyl (C=O) groups excluding carboxylic acids is 3. The number of ketones is 1. The first-order valence-electron chi connectivity index (χ1n) is 15.9. The van der Waals surface area contributed by atoms with E-state index >= 15 is 0 Å². The zero-order valence-electron chi connectivity index (χ0n) is 26.3. The lowest BCUT2D eigenvalue weighted by molar-refractivity contribution is -0.161. The van der Waals surface area contributed by atoms with Crippen LogP contribution in [0.5, 0.6) is 0 Å². The van der Waals surface area contributed by atoms with Crippen LogP contribution >= 0.6 is 7.82 Å². The van der Waals surface area contributed by atoms with E-state index in [-0.39, 0.29) is 25.2 Å².